The van der Waals surface area contributed by atoms with Gasteiger partial charge in [-0.15, -0.1) is 11.8 Å². The lowest BCUT2D eigenvalue weighted by Gasteiger charge is -2.41. The van der Waals surface area contributed by atoms with Crippen molar-refractivity contribution in [3.8, 4) is 6.07 Å². The zero-order chi connectivity index (χ0) is 19.7. The molecule has 2 saturated heterocycles. The zero-order valence-electron chi connectivity index (χ0n) is 15.6. The molecule has 8 heteroatoms. The molecule has 144 valence electrons. The van der Waals surface area contributed by atoms with Crippen molar-refractivity contribution in [3.05, 3.63) is 36.0 Å². The number of carbonyl (C=O) groups is 2. The molecular formula is C20H21N5O2S. The van der Waals surface area contributed by atoms with E-state index in [0.717, 1.165) is 23.1 Å². The summed E-state index contributed by atoms with van der Waals surface area (Å²) >= 11 is 1.54. The Labute approximate surface area is 167 Å². The summed E-state index contributed by atoms with van der Waals surface area (Å²) in [6.45, 7) is 3.07. The highest BCUT2D eigenvalue weighted by atomic mass is 32.2. The Balaban J connectivity index is 1.51. The Bertz CT molecular complexity index is 973. The van der Waals surface area contributed by atoms with E-state index in [2.05, 4.69) is 28.2 Å². The fourth-order valence-electron chi connectivity index (χ4n) is 3.56. The maximum Gasteiger partial charge on any atom is 0.252 e. The third-order valence-corrected chi connectivity index (χ3v) is 6.39. The van der Waals surface area contributed by atoms with Crippen LogP contribution in [0.25, 0.3) is 10.9 Å². The summed E-state index contributed by atoms with van der Waals surface area (Å²) in [7, 11) is 0. The van der Waals surface area contributed by atoms with E-state index in [0.29, 0.717) is 23.2 Å². The highest BCUT2D eigenvalue weighted by Gasteiger charge is 2.29. The fraction of sp³-hybridized carbons (Fsp3) is 0.400. The molecule has 0 radical (unpaired) electrons. The number of nitrogens with one attached hydrogen (secondary N) is 1. The molecule has 2 amide bonds. The van der Waals surface area contributed by atoms with Crippen LogP contribution in [-0.2, 0) is 4.79 Å². The highest BCUT2D eigenvalue weighted by molar-refractivity contribution is 7.99. The van der Waals surface area contributed by atoms with Crippen molar-refractivity contribution in [2.24, 2.45) is 0 Å². The van der Waals surface area contributed by atoms with Gasteiger partial charge in [0.1, 0.15) is 6.04 Å². The van der Waals surface area contributed by atoms with Gasteiger partial charge in [0.15, 0.2) is 0 Å². The number of fused-ring (bicyclic) bond motifs is 1. The second-order valence-corrected chi connectivity index (χ2v) is 8.08. The number of hydrogen-bond donors (Lipinski definition) is 1. The second-order valence-electron chi connectivity index (χ2n) is 7.08. The summed E-state index contributed by atoms with van der Waals surface area (Å²) in [5.41, 5.74) is 2.33. The van der Waals surface area contributed by atoms with Crippen LogP contribution in [0.2, 0.25) is 0 Å². The second kappa shape index (κ2) is 7.68. The van der Waals surface area contributed by atoms with Crippen molar-refractivity contribution in [3.63, 3.8) is 0 Å². The van der Waals surface area contributed by atoms with Gasteiger partial charge in [-0.05, 0) is 37.6 Å². The number of carbonyl (C=O) groups excluding carboxylic acids is 2. The first-order chi connectivity index (χ1) is 13.6. The van der Waals surface area contributed by atoms with Crippen LogP contribution < -0.4 is 10.2 Å². The number of aromatic nitrogens is 1. The first-order valence-corrected chi connectivity index (χ1v) is 10.4. The summed E-state index contributed by atoms with van der Waals surface area (Å²) in [6, 6.07) is 9.84. The number of nitriles is 1. The molecule has 3 heterocycles. The number of hydrogen-bond acceptors (Lipinski definition) is 6. The van der Waals surface area contributed by atoms with E-state index in [1.54, 1.807) is 24.0 Å². The molecule has 0 spiro atoms. The molecule has 1 N–H and O–H groups in total. The molecule has 2 unspecified atom stereocenters. The van der Waals surface area contributed by atoms with E-state index in [9.17, 15) is 9.59 Å². The normalized spacial score (nSPS) is 21.3. The first-order valence-electron chi connectivity index (χ1n) is 9.29. The number of thioether (sulfide) groups is 1. The Kier molecular flexibility index (Phi) is 5.09. The standard InChI is InChI=1S/C20H21N5O2S/c1-13-5-7-24(13)14-2-3-18-17(8-14)16(4-6-22-18)20(27)23-10-19(26)25-12-28-11-15(25)9-21/h2-4,6,8,13,15H,5,7,10-12H2,1H3,(H,23,27). The van der Waals surface area contributed by atoms with Crippen LogP contribution in [-0.4, -0.2) is 58.5 Å². The van der Waals surface area contributed by atoms with Gasteiger partial charge >= 0.3 is 0 Å². The average Bonchev–Trinajstić information content (AvgIpc) is 3.19. The zero-order valence-corrected chi connectivity index (χ0v) is 16.4. The largest absolute Gasteiger partial charge is 0.369 e. The van der Waals surface area contributed by atoms with Crippen LogP contribution in [0.1, 0.15) is 23.7 Å². The van der Waals surface area contributed by atoms with Crippen LogP contribution >= 0.6 is 11.8 Å². The highest BCUT2D eigenvalue weighted by Crippen LogP contribution is 2.30. The Morgan fingerprint density at radius 2 is 2.25 bits per heavy atom. The minimum absolute atomic E-state index is 0.121. The van der Waals surface area contributed by atoms with Gasteiger partial charge in [-0.2, -0.15) is 5.26 Å². The molecule has 1 aromatic heterocycles. The fourth-order valence-corrected chi connectivity index (χ4v) is 4.66. The number of nitrogens with zero attached hydrogens (tertiary/aromatic N) is 4. The van der Waals surface area contributed by atoms with Crippen molar-refractivity contribution < 1.29 is 9.59 Å². The van der Waals surface area contributed by atoms with E-state index in [4.69, 9.17) is 5.26 Å². The lowest BCUT2D eigenvalue weighted by Crippen LogP contribution is -2.45. The molecule has 2 atom stereocenters. The van der Waals surface area contributed by atoms with Crippen molar-refractivity contribution in [1.29, 1.82) is 5.26 Å². The maximum absolute atomic E-state index is 12.8. The maximum atomic E-state index is 12.8. The molecule has 28 heavy (non-hydrogen) atoms. The molecule has 2 fully saturated rings. The van der Waals surface area contributed by atoms with Crippen molar-refractivity contribution in [2.75, 3.05) is 29.6 Å². The topological polar surface area (TPSA) is 89.3 Å². The summed E-state index contributed by atoms with van der Waals surface area (Å²) in [5, 5.41) is 12.6. The van der Waals surface area contributed by atoms with Crippen molar-refractivity contribution >= 4 is 40.2 Å². The molecule has 0 bridgehead atoms. The van der Waals surface area contributed by atoms with E-state index in [-0.39, 0.29) is 18.4 Å². The third-order valence-electron chi connectivity index (χ3n) is 5.37. The van der Waals surface area contributed by atoms with Crippen molar-refractivity contribution in [1.82, 2.24) is 15.2 Å². The Hall–Kier alpha value is -2.79. The number of anilines is 1. The van der Waals surface area contributed by atoms with Gasteiger partial charge in [0, 0.05) is 35.6 Å². The van der Waals surface area contributed by atoms with E-state index < -0.39 is 6.04 Å². The van der Waals surface area contributed by atoms with E-state index >= 15 is 0 Å². The van der Waals surface area contributed by atoms with Gasteiger partial charge in [0.05, 0.1) is 29.6 Å². The predicted molar refractivity (Wildman–Crippen MR) is 109 cm³/mol. The van der Waals surface area contributed by atoms with Crippen LogP contribution in [0.15, 0.2) is 30.5 Å². The van der Waals surface area contributed by atoms with Gasteiger partial charge in [-0.1, -0.05) is 0 Å². The number of benzene rings is 1. The molecule has 1 aromatic carbocycles. The number of rotatable bonds is 4. The minimum atomic E-state index is -0.419. The monoisotopic (exact) mass is 395 g/mol. The van der Waals surface area contributed by atoms with Crippen LogP contribution in [0.5, 0.6) is 0 Å². The van der Waals surface area contributed by atoms with Gasteiger partial charge in [-0.25, -0.2) is 0 Å². The number of amides is 2. The molecule has 2 aromatic rings. The van der Waals surface area contributed by atoms with E-state index in [1.165, 1.54) is 11.3 Å². The predicted octanol–water partition coefficient (Wildman–Crippen LogP) is 1.99. The van der Waals surface area contributed by atoms with Crippen LogP contribution in [0.3, 0.4) is 0 Å². The molecule has 4 rings (SSSR count). The first kappa shape index (κ1) is 18.6. The smallest absolute Gasteiger partial charge is 0.252 e. The molecular weight excluding hydrogens is 374 g/mol. The van der Waals surface area contributed by atoms with Gasteiger partial charge < -0.3 is 15.1 Å². The van der Waals surface area contributed by atoms with E-state index in [1.807, 2.05) is 18.2 Å². The van der Waals surface area contributed by atoms with Gasteiger partial charge in [0.2, 0.25) is 5.91 Å². The minimum Gasteiger partial charge on any atom is -0.369 e. The number of pyridine rings is 1. The van der Waals surface area contributed by atoms with Gasteiger partial charge in [-0.3, -0.25) is 14.6 Å². The summed E-state index contributed by atoms with van der Waals surface area (Å²) in [5.74, 6) is 0.555. The molecule has 0 saturated carbocycles. The molecule has 2 aliphatic heterocycles. The Morgan fingerprint density at radius 3 is 2.96 bits per heavy atom. The lowest BCUT2D eigenvalue weighted by atomic mass is 10.0. The SMILES string of the molecule is CC1CCN1c1ccc2nccc(C(=O)NCC(=O)N3CSCC3C#N)c2c1. The summed E-state index contributed by atoms with van der Waals surface area (Å²) in [6.07, 6.45) is 2.77. The van der Waals surface area contributed by atoms with Crippen LogP contribution in [0.4, 0.5) is 5.69 Å². The third kappa shape index (κ3) is 3.38. The molecule has 0 aliphatic carbocycles. The van der Waals surface area contributed by atoms with Crippen molar-refractivity contribution in [2.45, 2.75) is 25.4 Å². The van der Waals surface area contributed by atoms with Crippen LogP contribution in [0, 0.1) is 11.3 Å². The quantitative estimate of drug-likeness (QED) is 0.852. The lowest BCUT2D eigenvalue weighted by molar-refractivity contribution is -0.129. The molecule has 7 nitrogen and oxygen atoms in total. The Morgan fingerprint density at radius 1 is 1.39 bits per heavy atom. The summed E-state index contributed by atoms with van der Waals surface area (Å²) in [4.78, 5) is 33.3. The molecule has 2 aliphatic rings. The summed E-state index contributed by atoms with van der Waals surface area (Å²) < 4.78 is 0. The average molecular weight is 395 g/mol. The van der Waals surface area contributed by atoms with Gasteiger partial charge in [0.25, 0.3) is 5.91 Å².